The third kappa shape index (κ3) is 28.2. The molecule has 13 N–H and O–H groups in total. The van der Waals surface area contributed by atoms with Crippen LogP contribution < -0.4 is 43.0 Å². The van der Waals surface area contributed by atoms with Gasteiger partial charge < -0.3 is 68.3 Å². The molecule has 0 unspecified atom stereocenters. The van der Waals surface area contributed by atoms with Crippen LogP contribution in [0, 0.1) is 11.8 Å². The van der Waals surface area contributed by atoms with E-state index in [2.05, 4.69) is 44.1 Å². The first-order valence-corrected chi connectivity index (χ1v) is 25.6. The number of carbonyl (C=O) groups is 11. The zero-order chi connectivity index (χ0) is 55.8. The van der Waals surface area contributed by atoms with Crippen LogP contribution in [0.25, 0.3) is 0 Å². The number of carboxylic acid groups (broad SMARTS) is 2. The predicted octanol–water partition coefficient (Wildman–Crippen LogP) is 0.240. The van der Waals surface area contributed by atoms with Crippen molar-refractivity contribution >= 4 is 65.1 Å². The van der Waals surface area contributed by atoms with Crippen LogP contribution in [0.15, 0.2) is 0 Å². The van der Waals surface area contributed by atoms with E-state index < -0.39 is 139 Å². The minimum absolute atomic E-state index is 0.0145. The lowest BCUT2D eigenvalue weighted by molar-refractivity contribution is -0.145. The summed E-state index contributed by atoms with van der Waals surface area (Å²) in [4.78, 5) is 144. The Hall–Kier alpha value is -5.91. The maximum Gasteiger partial charge on any atom is 0.305 e. The van der Waals surface area contributed by atoms with Gasteiger partial charge in [0.15, 0.2) is 0 Å². The van der Waals surface area contributed by atoms with Gasteiger partial charge in [0, 0.05) is 14.0 Å². The quantitative estimate of drug-likeness (QED) is 0.0366. The molecule has 0 aliphatic heterocycles. The van der Waals surface area contributed by atoms with Gasteiger partial charge >= 0.3 is 11.9 Å². The second kappa shape index (κ2) is 36.9. The molecular formula is C49H87N9O15. The number of nitrogens with zero attached hydrogens (tertiary/aromatic N) is 1. The van der Waals surface area contributed by atoms with Crippen molar-refractivity contribution in [3.05, 3.63) is 0 Å². The molecule has 0 rings (SSSR count). The largest absolute Gasteiger partial charge is 0.481 e. The number of nitrogens with one attached hydrogen (secondary N) is 7. The number of rotatable bonds is 40. The summed E-state index contributed by atoms with van der Waals surface area (Å²) in [5.41, 5.74) is 5.31. The minimum atomic E-state index is -1.84. The molecule has 0 aliphatic carbocycles. The van der Waals surface area contributed by atoms with Crippen molar-refractivity contribution in [2.24, 2.45) is 17.6 Å². The van der Waals surface area contributed by atoms with Crippen molar-refractivity contribution in [1.82, 2.24) is 42.1 Å². The number of carboxylic acids is 2. The van der Waals surface area contributed by atoms with E-state index in [1.165, 1.54) is 14.0 Å². The summed E-state index contributed by atoms with van der Waals surface area (Å²) in [7, 11) is 1.19. The fraction of sp³-hybridized carbons (Fsp3) is 0.776. The van der Waals surface area contributed by atoms with Gasteiger partial charge in [-0.1, -0.05) is 119 Å². The zero-order valence-electron chi connectivity index (χ0n) is 44.2. The smallest absolute Gasteiger partial charge is 0.305 e. The van der Waals surface area contributed by atoms with Gasteiger partial charge in [-0.15, -0.1) is 0 Å². The number of primary amides is 1. The lowest BCUT2D eigenvalue weighted by Crippen LogP contribution is -2.61. The molecule has 24 nitrogen and oxygen atoms in total. The first-order valence-electron chi connectivity index (χ1n) is 25.6. The molecule has 0 radical (unpaired) electrons. The third-order valence-electron chi connectivity index (χ3n) is 11.8. The molecule has 0 bridgehead atoms. The lowest BCUT2D eigenvalue weighted by atomic mass is 9.99. The van der Waals surface area contributed by atoms with Crippen LogP contribution in [-0.2, 0) is 52.7 Å². The number of aliphatic hydroxyl groups excluding tert-OH is 2. The van der Waals surface area contributed by atoms with Gasteiger partial charge in [0.25, 0.3) is 0 Å². The number of hydrogen-bond acceptors (Lipinski definition) is 13. The number of aliphatic carboxylic acids is 2. The van der Waals surface area contributed by atoms with E-state index in [0.717, 1.165) is 62.7 Å². The Kier molecular flexibility index (Phi) is 33.9. The number of nitrogens with two attached hydrogens (primary N) is 1. The SMILES string of the molecule is CCCCCCCC[C@H](NC(C)=O)C(=O)N[C@@H](CO)C(=O)N[C@@H](CC(C)C)C(=O)N[C@@H](CO)C(=O)N(C)[C@@H](CC(C)C)C(=O)N[C@@H](CC(=O)O)C(=O)N[C@@H](CCCCCCCC)C(=O)N[C@@H](CC(=O)O)C(N)=O. The Labute approximate surface area is 429 Å². The standard InChI is InChI=1S/C49H87N9O15/c1-9-11-13-15-17-19-21-32(51-31(7)61)43(67)56-37(27-59)47(71)54-35(23-29(3)4)45(69)57-38(28-60)49(73)58(8)39(24-30(5)6)48(72)55-36(26-41(64)65)46(70)52-33(22-20-18-16-14-12-10-2)44(68)53-34(42(50)66)25-40(62)63/h29-30,32-39,59-60H,9-28H2,1-8H3,(H2,50,66)(H,51,61)(H,52,70)(H,53,68)(H,54,71)(H,55,72)(H,56,67)(H,57,69)(H,62,63)(H,64,65)/t32-,33-,34-,35-,36-,37-,38-,39-/m0/s1. The Morgan fingerprint density at radius 2 is 0.808 bits per heavy atom. The molecule has 0 heterocycles. The van der Waals surface area contributed by atoms with Crippen molar-refractivity contribution in [3.63, 3.8) is 0 Å². The summed E-state index contributed by atoms with van der Waals surface area (Å²) in [5.74, 6) is -11.9. The van der Waals surface area contributed by atoms with E-state index in [1.807, 2.05) is 6.92 Å². The average Bonchev–Trinajstić information content (AvgIpc) is 3.30. The van der Waals surface area contributed by atoms with Crippen LogP contribution in [0.3, 0.4) is 0 Å². The Morgan fingerprint density at radius 1 is 0.452 bits per heavy atom. The van der Waals surface area contributed by atoms with Crippen molar-refractivity contribution in [3.8, 4) is 0 Å². The first-order chi connectivity index (χ1) is 34.3. The molecule has 0 aliphatic rings. The normalized spacial score (nSPS) is 14.5. The Balaban J connectivity index is 6.45. The second-order valence-corrected chi connectivity index (χ2v) is 19.4. The highest BCUT2D eigenvalue weighted by atomic mass is 16.4. The van der Waals surface area contributed by atoms with E-state index >= 15 is 0 Å². The molecule has 0 spiro atoms. The maximum atomic E-state index is 14.1. The van der Waals surface area contributed by atoms with Gasteiger partial charge in [-0.2, -0.15) is 0 Å². The number of unbranched alkanes of at least 4 members (excludes halogenated alkanes) is 10. The van der Waals surface area contributed by atoms with Crippen LogP contribution in [0.2, 0.25) is 0 Å². The van der Waals surface area contributed by atoms with E-state index in [1.54, 1.807) is 27.7 Å². The number of amides is 9. The summed E-state index contributed by atoms with van der Waals surface area (Å²) in [6.45, 7) is 10.4. The number of hydrogen-bond donors (Lipinski definition) is 12. The van der Waals surface area contributed by atoms with Crippen LogP contribution in [0.1, 0.15) is 164 Å². The van der Waals surface area contributed by atoms with Crippen LogP contribution in [0.4, 0.5) is 0 Å². The van der Waals surface area contributed by atoms with Gasteiger partial charge in [0.05, 0.1) is 26.1 Å². The van der Waals surface area contributed by atoms with E-state index in [4.69, 9.17) is 5.73 Å². The van der Waals surface area contributed by atoms with Gasteiger partial charge in [-0.3, -0.25) is 52.7 Å². The molecule has 0 aromatic carbocycles. The zero-order valence-corrected chi connectivity index (χ0v) is 44.2. The molecule has 0 aromatic heterocycles. The highest BCUT2D eigenvalue weighted by molar-refractivity contribution is 5.99. The molecule has 73 heavy (non-hydrogen) atoms. The molecule has 8 atom stereocenters. The summed E-state index contributed by atoms with van der Waals surface area (Å²) >= 11 is 0. The number of carbonyl (C=O) groups excluding carboxylic acids is 9. The van der Waals surface area contributed by atoms with Crippen molar-refractivity contribution in [1.29, 1.82) is 0 Å². The fourth-order valence-electron chi connectivity index (χ4n) is 7.82. The lowest BCUT2D eigenvalue weighted by Gasteiger charge is -2.33. The van der Waals surface area contributed by atoms with Crippen molar-refractivity contribution < 1.29 is 73.2 Å². The van der Waals surface area contributed by atoms with Crippen LogP contribution in [-0.4, -0.2) is 159 Å². The van der Waals surface area contributed by atoms with Crippen LogP contribution in [0.5, 0.6) is 0 Å². The highest BCUT2D eigenvalue weighted by Gasteiger charge is 2.38. The Bertz CT molecular complexity index is 1800. The van der Waals surface area contributed by atoms with Gasteiger partial charge in [-0.25, -0.2) is 0 Å². The van der Waals surface area contributed by atoms with E-state index in [9.17, 15) is 73.2 Å². The Morgan fingerprint density at radius 3 is 1.25 bits per heavy atom. The molecule has 418 valence electrons. The molecule has 0 saturated carbocycles. The van der Waals surface area contributed by atoms with Crippen molar-refractivity contribution in [2.75, 3.05) is 20.3 Å². The van der Waals surface area contributed by atoms with E-state index in [0.29, 0.717) is 19.3 Å². The first kappa shape index (κ1) is 67.1. The summed E-state index contributed by atoms with van der Waals surface area (Å²) < 4.78 is 0. The van der Waals surface area contributed by atoms with Gasteiger partial charge in [0.2, 0.25) is 53.2 Å². The molecule has 9 amide bonds. The van der Waals surface area contributed by atoms with Crippen LogP contribution >= 0.6 is 0 Å². The summed E-state index contributed by atoms with van der Waals surface area (Å²) in [6, 6.07) is -12.0. The minimum Gasteiger partial charge on any atom is -0.481 e. The average molecular weight is 1040 g/mol. The number of aliphatic hydroxyl groups is 2. The summed E-state index contributed by atoms with van der Waals surface area (Å²) in [5, 5.41) is 56.5. The molecule has 0 aromatic rings. The maximum absolute atomic E-state index is 14.1. The highest BCUT2D eigenvalue weighted by Crippen LogP contribution is 2.16. The predicted molar refractivity (Wildman–Crippen MR) is 269 cm³/mol. The molecular weight excluding hydrogens is 955 g/mol. The molecule has 24 heteroatoms. The third-order valence-corrected chi connectivity index (χ3v) is 11.8. The van der Waals surface area contributed by atoms with Gasteiger partial charge in [-0.05, 0) is 37.5 Å². The summed E-state index contributed by atoms with van der Waals surface area (Å²) in [6.07, 6.45) is 8.51. The molecule has 0 saturated heterocycles. The fourth-order valence-corrected chi connectivity index (χ4v) is 7.82. The molecule has 0 fully saturated rings. The van der Waals surface area contributed by atoms with E-state index in [-0.39, 0.29) is 37.5 Å². The van der Waals surface area contributed by atoms with Crippen molar-refractivity contribution in [2.45, 2.75) is 212 Å². The monoisotopic (exact) mass is 1040 g/mol. The van der Waals surface area contributed by atoms with Gasteiger partial charge in [0.1, 0.15) is 48.3 Å². The second-order valence-electron chi connectivity index (χ2n) is 19.4. The topological polar surface area (TPSA) is 382 Å². The number of likely N-dealkylation sites (N-methyl/N-ethyl adjacent to an activating group) is 1.